The number of halogens is 1. The lowest BCUT2D eigenvalue weighted by molar-refractivity contribution is -0.385. The van der Waals surface area contributed by atoms with Gasteiger partial charge in [-0.1, -0.05) is 0 Å². The molecule has 1 aliphatic heterocycles. The van der Waals surface area contributed by atoms with Crippen molar-refractivity contribution in [3.63, 3.8) is 0 Å². The Morgan fingerprint density at radius 2 is 2.29 bits per heavy atom. The van der Waals surface area contributed by atoms with Crippen LogP contribution in [-0.4, -0.2) is 42.4 Å². The molecule has 1 heterocycles. The first-order valence-electron chi connectivity index (χ1n) is 6.82. The van der Waals surface area contributed by atoms with Crippen molar-refractivity contribution in [2.45, 2.75) is 13.3 Å². The minimum Gasteiger partial charge on any atom is -0.338 e. The van der Waals surface area contributed by atoms with Crippen molar-refractivity contribution in [2.24, 2.45) is 5.92 Å². The second-order valence-electron chi connectivity index (χ2n) is 5.34. The quantitative estimate of drug-likeness (QED) is 0.678. The smallest absolute Gasteiger partial charge is 0.285 e. The molecule has 7 heteroatoms. The molecule has 1 aromatic carbocycles. The largest absolute Gasteiger partial charge is 0.338 e. The normalized spacial score (nSPS) is 18.0. The Bertz CT molecular complexity index is 577. The molecule has 1 aromatic rings. The lowest BCUT2D eigenvalue weighted by Crippen LogP contribution is -2.31. The number of carbonyl (C=O) groups is 1. The second kappa shape index (κ2) is 6.17. The van der Waals surface area contributed by atoms with Gasteiger partial charge in [-0.3, -0.25) is 14.9 Å². The third kappa shape index (κ3) is 3.18. The van der Waals surface area contributed by atoms with E-state index in [4.69, 9.17) is 0 Å². The minimum atomic E-state index is -0.632. The van der Waals surface area contributed by atoms with Gasteiger partial charge in [0.15, 0.2) is 0 Å². The molecule has 0 saturated carbocycles. The number of carbonyl (C=O) groups excluding carboxylic acids is 1. The summed E-state index contributed by atoms with van der Waals surface area (Å²) in [7, 11) is 1.84. The van der Waals surface area contributed by atoms with Crippen LogP contribution in [0.25, 0.3) is 0 Å². The fourth-order valence-electron chi connectivity index (χ4n) is 2.78. The molecule has 1 unspecified atom stereocenters. The molecule has 6 nitrogen and oxygen atoms in total. The molecule has 1 N–H and O–H groups in total. The molecule has 0 spiro atoms. The number of likely N-dealkylation sites (tertiary alicyclic amines) is 1. The van der Waals surface area contributed by atoms with Crippen LogP contribution in [0.5, 0.6) is 0 Å². The Morgan fingerprint density at radius 1 is 1.57 bits per heavy atom. The number of nitro benzene ring substituents is 1. The average molecular weight is 295 g/mol. The monoisotopic (exact) mass is 295 g/mol. The summed E-state index contributed by atoms with van der Waals surface area (Å²) in [5, 5.41) is 14.2. The van der Waals surface area contributed by atoms with Gasteiger partial charge in [0.25, 0.3) is 11.6 Å². The van der Waals surface area contributed by atoms with Crippen molar-refractivity contribution in [3.05, 3.63) is 39.2 Å². The lowest BCUT2D eigenvalue weighted by Gasteiger charge is -2.17. The van der Waals surface area contributed by atoms with Gasteiger partial charge in [0, 0.05) is 18.7 Å². The van der Waals surface area contributed by atoms with E-state index in [1.165, 1.54) is 6.92 Å². The molecule has 2 rings (SSSR count). The van der Waals surface area contributed by atoms with Gasteiger partial charge in [0.05, 0.1) is 4.92 Å². The Hall–Kier alpha value is -2.02. The maximum absolute atomic E-state index is 13.5. The summed E-state index contributed by atoms with van der Waals surface area (Å²) in [6.45, 7) is 3.30. The number of nitrogens with one attached hydrogen (secondary N) is 1. The van der Waals surface area contributed by atoms with Crippen LogP contribution in [0.4, 0.5) is 10.1 Å². The molecule has 1 aliphatic rings. The van der Waals surface area contributed by atoms with E-state index in [1.807, 2.05) is 7.05 Å². The van der Waals surface area contributed by atoms with Crippen molar-refractivity contribution in [2.75, 3.05) is 26.7 Å². The Kier molecular flexibility index (Phi) is 4.52. The standard InChI is InChI=1S/C14H18FN3O3/c1-9-5-11(15)6-12(13(9)18(20)21)14(19)17-4-3-10(8-17)7-16-2/h5-6,10,16H,3-4,7-8H2,1-2H3. The fourth-order valence-corrected chi connectivity index (χ4v) is 2.78. The average Bonchev–Trinajstić information content (AvgIpc) is 2.85. The topological polar surface area (TPSA) is 75.5 Å². The molecule has 0 aromatic heterocycles. The van der Waals surface area contributed by atoms with Crippen LogP contribution in [0.15, 0.2) is 12.1 Å². The van der Waals surface area contributed by atoms with E-state index in [1.54, 1.807) is 4.90 Å². The SMILES string of the molecule is CNCC1CCN(C(=O)c2cc(F)cc(C)c2[N+](=O)[O-])C1. The first kappa shape index (κ1) is 15.4. The van der Waals surface area contributed by atoms with Gasteiger partial charge in [-0.05, 0) is 45.0 Å². The third-order valence-electron chi connectivity index (χ3n) is 3.74. The summed E-state index contributed by atoms with van der Waals surface area (Å²) in [5.41, 5.74) is -0.310. The van der Waals surface area contributed by atoms with Crippen LogP contribution >= 0.6 is 0 Å². The van der Waals surface area contributed by atoms with Crippen molar-refractivity contribution in [1.29, 1.82) is 0 Å². The Labute approximate surface area is 122 Å². The molecular weight excluding hydrogens is 277 g/mol. The first-order valence-corrected chi connectivity index (χ1v) is 6.82. The van der Waals surface area contributed by atoms with Crippen LogP contribution in [0.1, 0.15) is 22.3 Å². The number of hydrogen-bond acceptors (Lipinski definition) is 4. The van der Waals surface area contributed by atoms with E-state index in [0.717, 1.165) is 25.1 Å². The number of aryl methyl sites for hydroxylation is 1. The van der Waals surface area contributed by atoms with Crippen molar-refractivity contribution in [1.82, 2.24) is 10.2 Å². The van der Waals surface area contributed by atoms with E-state index in [9.17, 15) is 19.3 Å². The Balaban J connectivity index is 2.29. The van der Waals surface area contributed by atoms with Crippen molar-refractivity contribution in [3.8, 4) is 0 Å². The summed E-state index contributed by atoms with van der Waals surface area (Å²) >= 11 is 0. The van der Waals surface area contributed by atoms with Gasteiger partial charge in [-0.15, -0.1) is 0 Å². The van der Waals surface area contributed by atoms with Gasteiger partial charge < -0.3 is 10.2 Å². The Morgan fingerprint density at radius 3 is 2.90 bits per heavy atom. The number of amides is 1. The molecule has 1 fully saturated rings. The zero-order valence-corrected chi connectivity index (χ0v) is 12.1. The summed E-state index contributed by atoms with van der Waals surface area (Å²) in [6, 6.07) is 2.03. The molecule has 1 amide bonds. The fraction of sp³-hybridized carbons (Fsp3) is 0.500. The third-order valence-corrected chi connectivity index (χ3v) is 3.74. The molecule has 0 radical (unpaired) electrons. The van der Waals surface area contributed by atoms with Gasteiger partial charge in [-0.25, -0.2) is 4.39 Å². The highest BCUT2D eigenvalue weighted by Crippen LogP contribution is 2.28. The van der Waals surface area contributed by atoms with Gasteiger partial charge >= 0.3 is 0 Å². The highest BCUT2D eigenvalue weighted by molar-refractivity contribution is 5.98. The molecule has 1 saturated heterocycles. The highest BCUT2D eigenvalue weighted by atomic mass is 19.1. The first-order chi connectivity index (χ1) is 9.93. The van der Waals surface area contributed by atoms with Gasteiger partial charge in [-0.2, -0.15) is 0 Å². The maximum atomic E-state index is 13.5. The van der Waals surface area contributed by atoms with Gasteiger partial charge in [0.1, 0.15) is 11.4 Å². The zero-order chi connectivity index (χ0) is 15.6. The number of hydrogen-bond donors (Lipinski definition) is 1. The van der Waals surface area contributed by atoms with Crippen LogP contribution in [0.3, 0.4) is 0 Å². The van der Waals surface area contributed by atoms with Crippen molar-refractivity contribution < 1.29 is 14.1 Å². The summed E-state index contributed by atoms with van der Waals surface area (Å²) in [6.07, 6.45) is 0.842. The summed E-state index contributed by atoms with van der Waals surface area (Å²) in [4.78, 5) is 24.5. The summed E-state index contributed by atoms with van der Waals surface area (Å²) in [5.74, 6) is -0.775. The molecule has 21 heavy (non-hydrogen) atoms. The van der Waals surface area contributed by atoms with Crippen LogP contribution in [0, 0.1) is 28.8 Å². The number of nitro groups is 1. The maximum Gasteiger partial charge on any atom is 0.285 e. The highest BCUT2D eigenvalue weighted by Gasteiger charge is 2.31. The minimum absolute atomic E-state index is 0.161. The lowest BCUT2D eigenvalue weighted by atomic mass is 10.1. The van der Waals surface area contributed by atoms with E-state index in [-0.39, 0.29) is 16.8 Å². The van der Waals surface area contributed by atoms with Gasteiger partial charge in [0.2, 0.25) is 0 Å². The second-order valence-corrected chi connectivity index (χ2v) is 5.34. The predicted molar refractivity (Wildman–Crippen MR) is 75.7 cm³/mol. The van der Waals surface area contributed by atoms with E-state index < -0.39 is 16.6 Å². The van der Waals surface area contributed by atoms with Crippen LogP contribution < -0.4 is 5.32 Å². The molecule has 1 atom stereocenters. The van der Waals surface area contributed by atoms with E-state index in [0.29, 0.717) is 19.0 Å². The molecule has 0 aliphatic carbocycles. The summed E-state index contributed by atoms with van der Waals surface area (Å²) < 4.78 is 13.5. The van der Waals surface area contributed by atoms with Crippen molar-refractivity contribution >= 4 is 11.6 Å². The zero-order valence-electron chi connectivity index (χ0n) is 12.1. The van der Waals surface area contributed by atoms with Crippen LogP contribution in [-0.2, 0) is 0 Å². The molecule has 114 valence electrons. The van der Waals surface area contributed by atoms with Crippen LogP contribution in [0.2, 0.25) is 0 Å². The van der Waals surface area contributed by atoms with E-state index in [2.05, 4.69) is 5.32 Å². The molecule has 0 bridgehead atoms. The number of rotatable bonds is 4. The predicted octanol–water partition coefficient (Wildman–Crippen LogP) is 1.72. The van der Waals surface area contributed by atoms with E-state index >= 15 is 0 Å². The molecular formula is C14H18FN3O3. The number of benzene rings is 1. The number of nitrogens with zero attached hydrogens (tertiary/aromatic N) is 2.